The standard InChI is InChI=1S/C23H23N3O2/c1-15-5-8-18(9-6-15)20-13-21-23(28)25(10-11-26(21)24-20)14-22(27)19-12-16(2)4-7-17(19)3/h4-13,22,27H,14H2,1-3H3/t22-/m0/s1. The average molecular weight is 373 g/mol. The number of nitrogens with zero attached hydrogens (tertiary/aromatic N) is 3. The van der Waals surface area contributed by atoms with Crippen molar-refractivity contribution in [1.29, 1.82) is 0 Å². The zero-order valence-electron chi connectivity index (χ0n) is 16.3. The summed E-state index contributed by atoms with van der Waals surface area (Å²) in [5.41, 5.74) is 6.17. The predicted molar refractivity (Wildman–Crippen MR) is 111 cm³/mol. The Morgan fingerprint density at radius 1 is 0.964 bits per heavy atom. The molecule has 0 spiro atoms. The highest BCUT2D eigenvalue weighted by Crippen LogP contribution is 2.21. The number of aromatic nitrogens is 3. The first kappa shape index (κ1) is 18.2. The third-order valence-corrected chi connectivity index (χ3v) is 5.11. The second-order valence-corrected chi connectivity index (χ2v) is 7.36. The van der Waals surface area contributed by atoms with E-state index in [9.17, 15) is 9.90 Å². The molecule has 0 saturated heterocycles. The predicted octanol–water partition coefficient (Wildman–Crippen LogP) is 3.82. The number of hydrogen-bond donors (Lipinski definition) is 1. The Balaban J connectivity index is 1.69. The molecule has 5 nitrogen and oxygen atoms in total. The second kappa shape index (κ2) is 7.09. The Morgan fingerprint density at radius 2 is 1.68 bits per heavy atom. The summed E-state index contributed by atoms with van der Waals surface area (Å²) in [5.74, 6) is 0. The van der Waals surface area contributed by atoms with Gasteiger partial charge in [-0.2, -0.15) is 5.10 Å². The second-order valence-electron chi connectivity index (χ2n) is 7.36. The first-order valence-electron chi connectivity index (χ1n) is 9.33. The van der Waals surface area contributed by atoms with Crippen LogP contribution in [0.25, 0.3) is 16.8 Å². The zero-order valence-corrected chi connectivity index (χ0v) is 16.3. The van der Waals surface area contributed by atoms with Gasteiger partial charge in [0.2, 0.25) is 0 Å². The van der Waals surface area contributed by atoms with Crippen LogP contribution in [0.2, 0.25) is 0 Å². The lowest BCUT2D eigenvalue weighted by atomic mass is 10.0. The van der Waals surface area contributed by atoms with Crippen LogP contribution in [0.1, 0.15) is 28.4 Å². The van der Waals surface area contributed by atoms with Gasteiger partial charge in [0.1, 0.15) is 5.52 Å². The van der Waals surface area contributed by atoms with E-state index in [2.05, 4.69) is 5.10 Å². The molecule has 5 heteroatoms. The Labute approximate surface area is 163 Å². The molecule has 0 aliphatic carbocycles. The summed E-state index contributed by atoms with van der Waals surface area (Å²) in [6, 6.07) is 15.8. The third-order valence-electron chi connectivity index (χ3n) is 5.11. The van der Waals surface area contributed by atoms with E-state index >= 15 is 0 Å². The number of hydrogen-bond acceptors (Lipinski definition) is 3. The molecule has 0 fully saturated rings. The van der Waals surface area contributed by atoms with Crippen LogP contribution in [0.3, 0.4) is 0 Å². The van der Waals surface area contributed by atoms with E-state index in [0.29, 0.717) is 5.52 Å². The van der Waals surface area contributed by atoms with E-state index in [1.165, 1.54) is 5.56 Å². The summed E-state index contributed by atoms with van der Waals surface area (Å²) >= 11 is 0. The fourth-order valence-corrected chi connectivity index (χ4v) is 3.44. The van der Waals surface area contributed by atoms with Gasteiger partial charge in [-0.3, -0.25) is 4.79 Å². The molecule has 0 saturated carbocycles. The summed E-state index contributed by atoms with van der Waals surface area (Å²) in [6.45, 7) is 6.19. The number of rotatable bonds is 4. The molecule has 0 amide bonds. The smallest absolute Gasteiger partial charge is 0.276 e. The van der Waals surface area contributed by atoms with Crippen molar-refractivity contribution >= 4 is 5.52 Å². The quantitative estimate of drug-likeness (QED) is 0.592. The average Bonchev–Trinajstić information content (AvgIpc) is 3.11. The van der Waals surface area contributed by atoms with Crippen LogP contribution in [-0.4, -0.2) is 19.3 Å². The van der Waals surface area contributed by atoms with Gasteiger partial charge in [-0.15, -0.1) is 0 Å². The lowest BCUT2D eigenvalue weighted by molar-refractivity contribution is 0.154. The van der Waals surface area contributed by atoms with Gasteiger partial charge in [0.25, 0.3) is 5.56 Å². The van der Waals surface area contributed by atoms with Gasteiger partial charge >= 0.3 is 0 Å². The number of aryl methyl sites for hydroxylation is 3. The molecule has 0 aliphatic heterocycles. The van der Waals surface area contributed by atoms with Gasteiger partial charge < -0.3 is 9.67 Å². The monoisotopic (exact) mass is 373 g/mol. The van der Waals surface area contributed by atoms with Gasteiger partial charge in [0, 0.05) is 18.0 Å². The van der Waals surface area contributed by atoms with Crippen LogP contribution in [0.15, 0.2) is 65.7 Å². The molecule has 28 heavy (non-hydrogen) atoms. The molecular formula is C23H23N3O2. The molecule has 142 valence electrons. The molecule has 4 rings (SSSR count). The molecule has 1 atom stereocenters. The minimum absolute atomic E-state index is 0.169. The first-order valence-corrected chi connectivity index (χ1v) is 9.33. The molecule has 0 unspecified atom stereocenters. The molecule has 1 N–H and O–H groups in total. The SMILES string of the molecule is Cc1ccc(-c2cc3c(=O)n(C[C@H](O)c4cc(C)ccc4C)ccn3n2)cc1. The lowest BCUT2D eigenvalue weighted by Crippen LogP contribution is -2.24. The largest absolute Gasteiger partial charge is 0.387 e. The minimum Gasteiger partial charge on any atom is -0.387 e. The van der Waals surface area contributed by atoms with E-state index in [1.54, 1.807) is 27.5 Å². The van der Waals surface area contributed by atoms with Crippen molar-refractivity contribution in [2.24, 2.45) is 0 Å². The fraction of sp³-hybridized carbons (Fsp3) is 0.217. The maximum atomic E-state index is 12.9. The highest BCUT2D eigenvalue weighted by atomic mass is 16.3. The molecule has 0 radical (unpaired) electrons. The van der Waals surface area contributed by atoms with Crippen LogP contribution in [0, 0.1) is 20.8 Å². The Bertz CT molecular complexity index is 1200. The Morgan fingerprint density at radius 3 is 2.43 bits per heavy atom. The first-order chi connectivity index (χ1) is 13.4. The molecule has 4 aromatic rings. The Hall–Kier alpha value is -3.18. The number of benzene rings is 2. The zero-order chi connectivity index (χ0) is 19.8. The number of aliphatic hydroxyl groups excluding tert-OH is 1. The third kappa shape index (κ3) is 3.37. The van der Waals surface area contributed by atoms with Crippen molar-refractivity contribution in [3.63, 3.8) is 0 Å². The molecule has 0 bridgehead atoms. The van der Waals surface area contributed by atoms with Gasteiger partial charge in [0.05, 0.1) is 18.3 Å². The summed E-state index contributed by atoms with van der Waals surface area (Å²) in [5, 5.41) is 15.2. The van der Waals surface area contributed by atoms with E-state index in [0.717, 1.165) is 27.9 Å². The van der Waals surface area contributed by atoms with E-state index in [-0.39, 0.29) is 12.1 Å². The normalized spacial score (nSPS) is 12.4. The van der Waals surface area contributed by atoms with Crippen LogP contribution in [0.4, 0.5) is 0 Å². The molecule has 2 aromatic heterocycles. The van der Waals surface area contributed by atoms with E-state index < -0.39 is 6.10 Å². The van der Waals surface area contributed by atoms with Crippen molar-refractivity contribution in [1.82, 2.24) is 14.2 Å². The minimum atomic E-state index is -0.750. The molecule has 2 heterocycles. The van der Waals surface area contributed by atoms with Crippen LogP contribution in [-0.2, 0) is 6.54 Å². The van der Waals surface area contributed by atoms with Crippen LogP contribution in [0.5, 0.6) is 0 Å². The van der Waals surface area contributed by atoms with Crippen molar-refractivity contribution in [3.05, 3.63) is 93.5 Å². The van der Waals surface area contributed by atoms with Crippen molar-refractivity contribution in [2.75, 3.05) is 0 Å². The summed E-state index contributed by atoms with van der Waals surface area (Å²) in [4.78, 5) is 12.9. The summed E-state index contributed by atoms with van der Waals surface area (Å²) < 4.78 is 3.14. The highest BCUT2D eigenvalue weighted by molar-refractivity contribution is 5.65. The number of fused-ring (bicyclic) bond motifs is 1. The molecule has 2 aromatic carbocycles. The van der Waals surface area contributed by atoms with E-state index in [1.807, 2.05) is 63.2 Å². The Kier molecular flexibility index (Phi) is 4.61. The fourth-order valence-electron chi connectivity index (χ4n) is 3.44. The maximum Gasteiger partial charge on any atom is 0.276 e. The van der Waals surface area contributed by atoms with Crippen molar-refractivity contribution in [3.8, 4) is 11.3 Å². The number of aliphatic hydroxyl groups is 1. The maximum absolute atomic E-state index is 12.9. The topological polar surface area (TPSA) is 59.5 Å². The van der Waals surface area contributed by atoms with Crippen molar-refractivity contribution < 1.29 is 5.11 Å². The van der Waals surface area contributed by atoms with Crippen LogP contribution >= 0.6 is 0 Å². The van der Waals surface area contributed by atoms with E-state index in [4.69, 9.17) is 0 Å². The summed E-state index contributed by atoms with van der Waals surface area (Å²) in [6.07, 6.45) is 2.68. The van der Waals surface area contributed by atoms with Gasteiger partial charge in [-0.05, 0) is 38.0 Å². The van der Waals surface area contributed by atoms with Gasteiger partial charge in [-0.1, -0.05) is 53.6 Å². The van der Waals surface area contributed by atoms with Crippen LogP contribution < -0.4 is 5.56 Å². The lowest BCUT2D eigenvalue weighted by Gasteiger charge is -2.16. The van der Waals surface area contributed by atoms with Gasteiger partial charge in [0.15, 0.2) is 0 Å². The van der Waals surface area contributed by atoms with Gasteiger partial charge in [-0.25, -0.2) is 4.52 Å². The molecule has 0 aliphatic rings. The highest BCUT2D eigenvalue weighted by Gasteiger charge is 2.15. The molecular weight excluding hydrogens is 350 g/mol. The summed E-state index contributed by atoms with van der Waals surface area (Å²) in [7, 11) is 0. The van der Waals surface area contributed by atoms with Crippen molar-refractivity contribution in [2.45, 2.75) is 33.4 Å².